The standard InChI is InChI=1S/C19H18N4S/c1-2-12-5-6-13-14(8-12)17(16-4-3-7-24-16)19(10-21,11-22)18(23)15(13)9-20/h3-4,6-7,12,14,17H,2,5,8,23H2,1H3. The highest BCUT2D eigenvalue weighted by Crippen LogP contribution is 2.57. The van der Waals surface area contributed by atoms with Gasteiger partial charge in [0.2, 0.25) is 0 Å². The molecule has 3 rings (SSSR count). The smallest absolute Gasteiger partial charge is 0.192 e. The average molecular weight is 334 g/mol. The van der Waals surface area contributed by atoms with E-state index in [1.165, 1.54) is 0 Å². The Morgan fingerprint density at radius 1 is 1.33 bits per heavy atom. The van der Waals surface area contributed by atoms with E-state index in [0.717, 1.165) is 29.7 Å². The van der Waals surface area contributed by atoms with Crippen molar-refractivity contribution in [1.82, 2.24) is 0 Å². The molecule has 0 aromatic carbocycles. The third-order valence-electron chi connectivity index (χ3n) is 5.40. The maximum absolute atomic E-state index is 9.90. The molecule has 1 aromatic rings. The van der Waals surface area contributed by atoms with Gasteiger partial charge in [0.1, 0.15) is 6.07 Å². The van der Waals surface area contributed by atoms with Gasteiger partial charge in [0.15, 0.2) is 5.41 Å². The molecule has 0 amide bonds. The van der Waals surface area contributed by atoms with Crippen LogP contribution in [0.25, 0.3) is 0 Å². The Balaban J connectivity index is 2.29. The lowest BCUT2D eigenvalue weighted by atomic mass is 9.57. The van der Waals surface area contributed by atoms with Crippen molar-refractivity contribution in [2.45, 2.75) is 32.1 Å². The Hall–Kier alpha value is -2.55. The molecule has 5 heteroatoms. The van der Waals surface area contributed by atoms with Gasteiger partial charge in [0.25, 0.3) is 0 Å². The van der Waals surface area contributed by atoms with E-state index in [0.29, 0.717) is 11.5 Å². The molecule has 0 saturated carbocycles. The van der Waals surface area contributed by atoms with Crippen LogP contribution in [-0.2, 0) is 0 Å². The van der Waals surface area contributed by atoms with Gasteiger partial charge in [-0.2, -0.15) is 15.8 Å². The van der Waals surface area contributed by atoms with E-state index in [4.69, 9.17) is 5.73 Å². The first-order chi connectivity index (χ1) is 11.6. The quantitative estimate of drug-likeness (QED) is 0.884. The summed E-state index contributed by atoms with van der Waals surface area (Å²) < 4.78 is 0. The molecule has 24 heavy (non-hydrogen) atoms. The molecule has 0 saturated heterocycles. The molecule has 2 aliphatic carbocycles. The van der Waals surface area contributed by atoms with Gasteiger partial charge in [-0.1, -0.05) is 25.5 Å². The van der Waals surface area contributed by atoms with Crippen molar-refractivity contribution in [2.24, 2.45) is 23.0 Å². The van der Waals surface area contributed by atoms with Gasteiger partial charge in [-0.15, -0.1) is 11.3 Å². The lowest BCUT2D eigenvalue weighted by Crippen LogP contribution is -2.43. The van der Waals surface area contributed by atoms with E-state index in [1.54, 1.807) is 11.3 Å². The Morgan fingerprint density at radius 3 is 2.62 bits per heavy atom. The number of nitrogens with zero attached hydrogens (tertiary/aromatic N) is 3. The number of nitriles is 3. The summed E-state index contributed by atoms with van der Waals surface area (Å²) in [5, 5.41) is 31.4. The lowest BCUT2D eigenvalue weighted by Gasteiger charge is -2.44. The van der Waals surface area contributed by atoms with Crippen molar-refractivity contribution >= 4 is 11.3 Å². The van der Waals surface area contributed by atoms with Crippen LogP contribution in [0.1, 0.15) is 37.0 Å². The Labute approximate surface area is 146 Å². The van der Waals surface area contributed by atoms with Crippen molar-refractivity contribution in [3.8, 4) is 18.2 Å². The summed E-state index contributed by atoms with van der Waals surface area (Å²) in [5.74, 6) is 0.185. The van der Waals surface area contributed by atoms with Crippen LogP contribution in [0, 0.1) is 51.2 Å². The van der Waals surface area contributed by atoms with Gasteiger partial charge in [-0.05, 0) is 41.7 Å². The summed E-state index contributed by atoms with van der Waals surface area (Å²) in [6.07, 6.45) is 4.95. The molecule has 4 nitrogen and oxygen atoms in total. The van der Waals surface area contributed by atoms with E-state index in [1.807, 2.05) is 17.5 Å². The molecule has 3 unspecified atom stereocenters. The molecule has 0 spiro atoms. The minimum atomic E-state index is -1.48. The zero-order valence-corrected chi connectivity index (χ0v) is 14.3. The van der Waals surface area contributed by atoms with Crippen LogP contribution < -0.4 is 5.73 Å². The van der Waals surface area contributed by atoms with Crippen LogP contribution in [0.2, 0.25) is 0 Å². The summed E-state index contributed by atoms with van der Waals surface area (Å²) in [6.45, 7) is 2.16. The van der Waals surface area contributed by atoms with Crippen molar-refractivity contribution in [2.75, 3.05) is 0 Å². The molecule has 120 valence electrons. The SMILES string of the molecule is CCC1CC=C2C(C#N)=C(N)C(C#N)(C#N)C(c3cccs3)C2C1. The molecule has 2 aliphatic rings. The second-order valence-electron chi connectivity index (χ2n) is 6.44. The highest BCUT2D eigenvalue weighted by atomic mass is 32.1. The van der Waals surface area contributed by atoms with Crippen molar-refractivity contribution in [3.05, 3.63) is 45.3 Å². The number of thiophene rings is 1. The van der Waals surface area contributed by atoms with Gasteiger partial charge in [-0.25, -0.2) is 0 Å². The maximum atomic E-state index is 9.90. The summed E-state index contributed by atoms with van der Waals surface area (Å²) in [5.41, 5.74) is 6.14. The minimum absolute atomic E-state index is 0.0106. The summed E-state index contributed by atoms with van der Waals surface area (Å²) in [6, 6.07) is 10.4. The van der Waals surface area contributed by atoms with Crippen molar-refractivity contribution < 1.29 is 0 Å². The normalized spacial score (nSPS) is 28.1. The second kappa shape index (κ2) is 6.16. The van der Waals surface area contributed by atoms with E-state index >= 15 is 0 Å². The van der Waals surface area contributed by atoms with Gasteiger partial charge >= 0.3 is 0 Å². The topological polar surface area (TPSA) is 97.4 Å². The van der Waals surface area contributed by atoms with E-state index in [9.17, 15) is 15.8 Å². The van der Waals surface area contributed by atoms with Gasteiger partial charge in [0.05, 0.1) is 23.4 Å². The monoisotopic (exact) mass is 334 g/mol. The van der Waals surface area contributed by atoms with Crippen LogP contribution in [0.5, 0.6) is 0 Å². The molecular formula is C19H18N4S. The van der Waals surface area contributed by atoms with Crippen LogP contribution in [0.15, 0.2) is 40.4 Å². The van der Waals surface area contributed by atoms with Crippen LogP contribution in [0.3, 0.4) is 0 Å². The molecule has 3 atom stereocenters. The molecular weight excluding hydrogens is 316 g/mol. The average Bonchev–Trinajstić information content (AvgIpc) is 3.14. The largest absolute Gasteiger partial charge is 0.399 e. The molecule has 1 aromatic heterocycles. The van der Waals surface area contributed by atoms with Gasteiger partial charge in [-0.3, -0.25) is 0 Å². The first kappa shape index (κ1) is 16.3. The molecule has 2 N–H and O–H groups in total. The highest BCUT2D eigenvalue weighted by Gasteiger charge is 2.54. The first-order valence-corrected chi connectivity index (χ1v) is 8.97. The second-order valence-corrected chi connectivity index (χ2v) is 7.42. The van der Waals surface area contributed by atoms with Gasteiger partial charge in [0, 0.05) is 10.8 Å². The summed E-state index contributed by atoms with van der Waals surface area (Å²) in [4.78, 5) is 0.991. The first-order valence-electron chi connectivity index (χ1n) is 8.09. The Kier molecular flexibility index (Phi) is 4.18. The molecule has 0 fully saturated rings. The fourth-order valence-corrected chi connectivity index (χ4v) is 5.03. The summed E-state index contributed by atoms with van der Waals surface area (Å²) in [7, 11) is 0. The van der Waals surface area contributed by atoms with Crippen molar-refractivity contribution in [1.29, 1.82) is 15.8 Å². The minimum Gasteiger partial charge on any atom is -0.399 e. The number of rotatable bonds is 2. The number of fused-ring (bicyclic) bond motifs is 1. The van der Waals surface area contributed by atoms with E-state index < -0.39 is 5.41 Å². The number of hydrogen-bond donors (Lipinski definition) is 1. The van der Waals surface area contributed by atoms with Crippen molar-refractivity contribution in [3.63, 3.8) is 0 Å². The Bertz CT molecular complexity index is 812. The molecule has 0 bridgehead atoms. The molecule has 1 heterocycles. The zero-order valence-electron chi connectivity index (χ0n) is 13.5. The van der Waals surface area contributed by atoms with Crippen LogP contribution in [0.4, 0.5) is 0 Å². The fourth-order valence-electron chi connectivity index (χ4n) is 4.07. The molecule has 0 aliphatic heterocycles. The van der Waals surface area contributed by atoms with Crippen LogP contribution >= 0.6 is 11.3 Å². The third kappa shape index (κ3) is 2.15. The van der Waals surface area contributed by atoms with Gasteiger partial charge < -0.3 is 5.73 Å². The highest BCUT2D eigenvalue weighted by molar-refractivity contribution is 7.10. The van der Waals surface area contributed by atoms with E-state index in [2.05, 4.69) is 31.2 Å². The third-order valence-corrected chi connectivity index (χ3v) is 6.36. The fraction of sp³-hybridized carbons (Fsp3) is 0.421. The maximum Gasteiger partial charge on any atom is 0.192 e. The predicted octanol–water partition coefficient (Wildman–Crippen LogP) is 3.98. The number of allylic oxidation sites excluding steroid dienone is 4. The predicted molar refractivity (Wildman–Crippen MR) is 92.1 cm³/mol. The summed E-state index contributed by atoms with van der Waals surface area (Å²) >= 11 is 1.55. The number of nitrogens with two attached hydrogens (primary N) is 1. The van der Waals surface area contributed by atoms with Crippen LogP contribution in [-0.4, -0.2) is 0 Å². The number of hydrogen-bond acceptors (Lipinski definition) is 5. The van der Waals surface area contributed by atoms with E-state index in [-0.39, 0.29) is 17.5 Å². The zero-order chi connectivity index (χ0) is 17.3. The molecule has 0 radical (unpaired) electrons. The lowest BCUT2D eigenvalue weighted by molar-refractivity contribution is 0.274. The Morgan fingerprint density at radius 2 is 2.08 bits per heavy atom.